The summed E-state index contributed by atoms with van der Waals surface area (Å²) in [6.07, 6.45) is 13.3. The van der Waals surface area contributed by atoms with Gasteiger partial charge in [-0.2, -0.15) is 0 Å². The molecule has 0 aromatic heterocycles. The molecule has 0 heterocycles. The topological polar surface area (TPSA) is 57.5 Å². The first-order valence-corrected chi connectivity index (χ1v) is 9.36. The van der Waals surface area contributed by atoms with Gasteiger partial charge in [0.25, 0.3) is 0 Å². The first kappa shape index (κ1) is 18.9. The van der Waals surface area contributed by atoms with Gasteiger partial charge >= 0.3 is 7.60 Å². The van der Waals surface area contributed by atoms with E-state index in [1.165, 1.54) is 38.5 Å². The average Bonchev–Trinajstić information content (AvgIpc) is 2.34. The maximum Gasteiger partial charge on any atom is 0.328 e. The third kappa shape index (κ3) is 11.4. The summed E-state index contributed by atoms with van der Waals surface area (Å²) in [5, 5.41) is 0. The summed E-state index contributed by atoms with van der Waals surface area (Å²) in [5.74, 6) is 0. The highest BCUT2D eigenvalue weighted by molar-refractivity contribution is 7.52. The number of allylic oxidation sites excluding steroid dienone is 1. The standard InChI is InChI=1S/C15H31O3P/c1-3-5-7-8-9-10-11-12-14-15(13-6-4-2)19(16,17)18/h4,15H,2-3,5-14H2,1H3,(H2,16,17,18). The highest BCUT2D eigenvalue weighted by Gasteiger charge is 2.26. The molecule has 4 heteroatoms. The van der Waals surface area contributed by atoms with E-state index in [-0.39, 0.29) is 0 Å². The Labute approximate surface area is 118 Å². The largest absolute Gasteiger partial charge is 0.328 e. The normalized spacial score (nSPS) is 13.4. The Bertz CT molecular complexity index is 260. The molecular weight excluding hydrogens is 259 g/mol. The van der Waals surface area contributed by atoms with Gasteiger partial charge < -0.3 is 9.79 Å². The predicted octanol–water partition coefficient (Wildman–Crippen LogP) is 5.03. The summed E-state index contributed by atoms with van der Waals surface area (Å²) in [6.45, 7) is 5.82. The maximum absolute atomic E-state index is 11.3. The van der Waals surface area contributed by atoms with Crippen LogP contribution in [0.15, 0.2) is 12.7 Å². The van der Waals surface area contributed by atoms with Crippen LogP contribution in [0.25, 0.3) is 0 Å². The smallest absolute Gasteiger partial charge is 0.324 e. The van der Waals surface area contributed by atoms with E-state index in [0.29, 0.717) is 19.3 Å². The molecular formula is C15H31O3P. The van der Waals surface area contributed by atoms with Crippen molar-refractivity contribution in [2.75, 3.05) is 0 Å². The van der Waals surface area contributed by atoms with Crippen molar-refractivity contribution in [1.82, 2.24) is 0 Å². The van der Waals surface area contributed by atoms with Crippen molar-refractivity contribution >= 4 is 7.60 Å². The fourth-order valence-corrected chi connectivity index (χ4v) is 3.31. The van der Waals surface area contributed by atoms with Gasteiger partial charge in [0.1, 0.15) is 0 Å². The molecule has 0 bridgehead atoms. The molecule has 0 fully saturated rings. The molecule has 2 N–H and O–H groups in total. The van der Waals surface area contributed by atoms with Crippen molar-refractivity contribution in [3.8, 4) is 0 Å². The second-order valence-electron chi connectivity index (χ2n) is 5.37. The van der Waals surface area contributed by atoms with E-state index in [2.05, 4.69) is 13.5 Å². The fraction of sp³-hybridized carbons (Fsp3) is 0.867. The van der Waals surface area contributed by atoms with Crippen LogP contribution in [0.4, 0.5) is 0 Å². The van der Waals surface area contributed by atoms with Crippen LogP contribution < -0.4 is 0 Å². The molecule has 0 aromatic carbocycles. The van der Waals surface area contributed by atoms with Crippen LogP contribution >= 0.6 is 7.60 Å². The van der Waals surface area contributed by atoms with Gasteiger partial charge in [0.05, 0.1) is 5.66 Å². The molecule has 0 aliphatic rings. The highest BCUT2D eigenvalue weighted by Crippen LogP contribution is 2.46. The van der Waals surface area contributed by atoms with Gasteiger partial charge in [-0.05, 0) is 19.3 Å². The lowest BCUT2D eigenvalue weighted by Crippen LogP contribution is -2.08. The molecule has 0 saturated carbocycles. The molecule has 0 saturated heterocycles. The van der Waals surface area contributed by atoms with E-state index in [0.717, 1.165) is 12.8 Å². The van der Waals surface area contributed by atoms with Crippen LogP contribution in [-0.2, 0) is 4.57 Å². The predicted molar refractivity (Wildman–Crippen MR) is 82.5 cm³/mol. The van der Waals surface area contributed by atoms with Crippen LogP contribution in [0, 0.1) is 0 Å². The van der Waals surface area contributed by atoms with Crippen LogP contribution in [0.1, 0.15) is 77.6 Å². The Morgan fingerprint density at radius 2 is 1.53 bits per heavy atom. The van der Waals surface area contributed by atoms with Crippen LogP contribution in [0.2, 0.25) is 0 Å². The number of hydrogen-bond donors (Lipinski definition) is 2. The molecule has 0 aliphatic carbocycles. The van der Waals surface area contributed by atoms with Crippen molar-refractivity contribution in [3.63, 3.8) is 0 Å². The lowest BCUT2D eigenvalue weighted by molar-refractivity contribution is 0.348. The first-order valence-electron chi connectivity index (χ1n) is 7.68. The van der Waals surface area contributed by atoms with Gasteiger partial charge in [-0.25, -0.2) is 0 Å². The number of unbranched alkanes of at least 4 members (excludes halogenated alkanes) is 7. The van der Waals surface area contributed by atoms with Crippen molar-refractivity contribution < 1.29 is 14.4 Å². The van der Waals surface area contributed by atoms with E-state index in [1.54, 1.807) is 6.08 Å². The van der Waals surface area contributed by atoms with Crippen molar-refractivity contribution in [1.29, 1.82) is 0 Å². The molecule has 19 heavy (non-hydrogen) atoms. The molecule has 0 spiro atoms. The molecule has 0 aliphatic heterocycles. The van der Waals surface area contributed by atoms with E-state index in [1.807, 2.05) is 0 Å². The molecule has 0 amide bonds. The SMILES string of the molecule is C=CCCC(CCCCCCCCCC)P(=O)(O)O. The fourth-order valence-electron chi connectivity index (χ4n) is 2.30. The zero-order valence-electron chi connectivity index (χ0n) is 12.4. The van der Waals surface area contributed by atoms with Gasteiger partial charge in [0.2, 0.25) is 0 Å². The summed E-state index contributed by atoms with van der Waals surface area (Å²) >= 11 is 0. The minimum atomic E-state index is -3.92. The Morgan fingerprint density at radius 1 is 1.00 bits per heavy atom. The van der Waals surface area contributed by atoms with Gasteiger partial charge in [-0.15, -0.1) is 6.58 Å². The van der Waals surface area contributed by atoms with Gasteiger partial charge in [0.15, 0.2) is 0 Å². The second-order valence-corrected chi connectivity index (χ2v) is 7.28. The lowest BCUT2D eigenvalue weighted by atomic mass is 10.0. The van der Waals surface area contributed by atoms with Gasteiger partial charge in [0, 0.05) is 0 Å². The minimum Gasteiger partial charge on any atom is -0.324 e. The molecule has 0 aromatic rings. The molecule has 0 rings (SSSR count). The summed E-state index contributed by atoms with van der Waals surface area (Å²) in [4.78, 5) is 18.6. The second kappa shape index (κ2) is 11.7. The van der Waals surface area contributed by atoms with E-state index in [9.17, 15) is 14.4 Å². The first-order chi connectivity index (χ1) is 9.02. The van der Waals surface area contributed by atoms with Crippen LogP contribution in [0.5, 0.6) is 0 Å². The van der Waals surface area contributed by atoms with Crippen molar-refractivity contribution in [3.05, 3.63) is 12.7 Å². The summed E-state index contributed by atoms with van der Waals surface area (Å²) < 4.78 is 11.3. The van der Waals surface area contributed by atoms with E-state index < -0.39 is 13.3 Å². The third-order valence-corrected chi connectivity index (χ3v) is 5.04. The van der Waals surface area contributed by atoms with Crippen molar-refractivity contribution in [2.45, 2.75) is 83.2 Å². The van der Waals surface area contributed by atoms with Crippen LogP contribution in [0.3, 0.4) is 0 Å². The minimum absolute atomic E-state index is 0.467. The summed E-state index contributed by atoms with van der Waals surface area (Å²) in [5.41, 5.74) is -0.467. The maximum atomic E-state index is 11.3. The highest BCUT2D eigenvalue weighted by atomic mass is 31.2. The average molecular weight is 290 g/mol. The molecule has 0 radical (unpaired) electrons. The summed E-state index contributed by atoms with van der Waals surface area (Å²) in [7, 11) is -3.92. The van der Waals surface area contributed by atoms with Gasteiger partial charge in [-0.1, -0.05) is 64.4 Å². The summed E-state index contributed by atoms with van der Waals surface area (Å²) in [6, 6.07) is 0. The lowest BCUT2D eigenvalue weighted by Gasteiger charge is -2.17. The van der Waals surface area contributed by atoms with Crippen molar-refractivity contribution in [2.24, 2.45) is 0 Å². The molecule has 114 valence electrons. The molecule has 1 unspecified atom stereocenters. The monoisotopic (exact) mass is 290 g/mol. The molecule has 3 nitrogen and oxygen atoms in total. The number of rotatable bonds is 13. The zero-order chi connectivity index (χ0) is 14.6. The third-order valence-electron chi connectivity index (χ3n) is 3.57. The Hall–Kier alpha value is -0.110. The Morgan fingerprint density at radius 3 is 2.00 bits per heavy atom. The van der Waals surface area contributed by atoms with Crippen LogP contribution in [-0.4, -0.2) is 15.4 Å². The Balaban J connectivity index is 3.64. The van der Waals surface area contributed by atoms with E-state index in [4.69, 9.17) is 0 Å². The zero-order valence-corrected chi connectivity index (χ0v) is 13.3. The number of hydrogen-bond acceptors (Lipinski definition) is 1. The quantitative estimate of drug-likeness (QED) is 0.284. The van der Waals surface area contributed by atoms with E-state index >= 15 is 0 Å². The molecule has 1 atom stereocenters. The van der Waals surface area contributed by atoms with Gasteiger partial charge in [-0.3, -0.25) is 4.57 Å². The Kier molecular flexibility index (Phi) is 11.6.